The third-order valence-electron chi connectivity index (χ3n) is 6.60. The summed E-state index contributed by atoms with van der Waals surface area (Å²) >= 11 is 0. The fraction of sp³-hybridized carbons (Fsp3) is 1.00. The maximum Gasteiger partial charge on any atom is 0.186 e. The summed E-state index contributed by atoms with van der Waals surface area (Å²) < 4.78 is 22.8. The van der Waals surface area contributed by atoms with Crippen LogP contribution in [0.25, 0.3) is 0 Å². The Morgan fingerprint density at radius 3 is 1.64 bits per heavy atom. The van der Waals surface area contributed by atoms with E-state index in [1.807, 2.05) is 0 Å². The van der Waals surface area contributed by atoms with Gasteiger partial charge in [-0.3, -0.25) is 0 Å². The van der Waals surface area contributed by atoms with Crippen molar-refractivity contribution in [3.63, 3.8) is 0 Å². The average Bonchev–Trinajstić information content (AvgIpc) is 2.88. The second-order valence-corrected chi connectivity index (χ2v) is 9.04. The van der Waals surface area contributed by atoms with E-state index in [0.717, 1.165) is 0 Å². The highest BCUT2D eigenvalue weighted by atomic mass is 16.7. The number of hydrogen-bond donors (Lipinski definition) is 10. The summed E-state index contributed by atoms with van der Waals surface area (Å²) in [6.45, 7) is -0.182. The number of rotatable bonds is 6. The number of nitrogens with two attached hydrogens (primary N) is 4. The first-order valence-electron chi connectivity index (χ1n) is 11.2. The average molecular weight is 483 g/mol. The largest absolute Gasteiger partial charge is 0.390 e. The quantitative estimate of drug-likeness (QED) is 0.169. The van der Waals surface area contributed by atoms with Crippen LogP contribution in [-0.2, 0) is 18.9 Å². The fourth-order valence-corrected chi connectivity index (χ4v) is 4.48. The minimum atomic E-state index is -1.51. The first-order chi connectivity index (χ1) is 15.6. The second kappa shape index (κ2) is 11.5. The molecule has 0 aromatic heterocycles. The van der Waals surface area contributed by atoms with Crippen LogP contribution < -0.4 is 22.9 Å². The summed E-state index contributed by atoms with van der Waals surface area (Å²) in [6.07, 6.45) is -13.5. The van der Waals surface area contributed by atoms with Gasteiger partial charge in [-0.2, -0.15) is 0 Å². The van der Waals surface area contributed by atoms with Crippen molar-refractivity contribution in [1.29, 1.82) is 0 Å². The molecule has 33 heavy (non-hydrogen) atoms. The smallest absolute Gasteiger partial charge is 0.186 e. The highest BCUT2D eigenvalue weighted by molar-refractivity contribution is 4.95. The van der Waals surface area contributed by atoms with E-state index < -0.39 is 85.7 Å². The topological polar surface area (TPSA) is 262 Å². The van der Waals surface area contributed by atoms with Crippen molar-refractivity contribution in [3.05, 3.63) is 0 Å². The standard InChI is InChI=1S/C19H38N4O10/c20-4-12-14(26)8(24)3-9(25)18(32-12)30-10-1-7(23)11(2-6(10)22)31-19-17(29)16(28)15(27)13(5-21)33-19/h6-19,24-29H,1-5,20-23H2/t6-,7-,8+,9?,10-,11?,12+,13?,14-,15-,16+,17-,18-,19+/m1/s1. The van der Waals surface area contributed by atoms with Gasteiger partial charge in [0.05, 0.1) is 18.3 Å². The molecule has 0 amide bonds. The molecule has 2 saturated heterocycles. The molecule has 1 saturated carbocycles. The molecule has 14 N–H and O–H groups in total. The molecule has 0 aromatic carbocycles. The molecule has 14 atom stereocenters. The Morgan fingerprint density at radius 2 is 1.09 bits per heavy atom. The van der Waals surface area contributed by atoms with Crippen LogP contribution in [0.15, 0.2) is 0 Å². The number of aliphatic hydroxyl groups is 6. The minimum Gasteiger partial charge on any atom is -0.390 e. The molecular formula is C19H38N4O10. The van der Waals surface area contributed by atoms with E-state index in [1.165, 1.54) is 0 Å². The Kier molecular flexibility index (Phi) is 9.38. The Balaban J connectivity index is 1.60. The van der Waals surface area contributed by atoms with Crippen molar-refractivity contribution in [2.24, 2.45) is 22.9 Å². The molecule has 1 aliphatic carbocycles. The van der Waals surface area contributed by atoms with Crippen molar-refractivity contribution in [2.45, 2.75) is 105 Å². The van der Waals surface area contributed by atoms with Gasteiger partial charge in [-0.15, -0.1) is 0 Å². The lowest BCUT2D eigenvalue weighted by atomic mass is 9.86. The fourth-order valence-electron chi connectivity index (χ4n) is 4.48. The SMILES string of the molecule is NCC1O[C@H](OC2C[C@@H](N)[C@H](O[C@@H]3O[C@@H](CN)[C@H](O)[C@@H](O)CC3O)C[C@H]2N)[C@H](O)[C@@H](O)[C@@H]1O. The first-order valence-corrected chi connectivity index (χ1v) is 11.2. The van der Waals surface area contributed by atoms with Crippen LogP contribution in [0.1, 0.15) is 19.3 Å². The minimum absolute atomic E-state index is 0.0894. The highest BCUT2D eigenvalue weighted by Gasteiger charge is 2.47. The molecule has 0 bridgehead atoms. The van der Waals surface area contributed by atoms with Crippen LogP contribution >= 0.6 is 0 Å². The van der Waals surface area contributed by atoms with E-state index in [0.29, 0.717) is 0 Å². The Bertz CT molecular complexity index is 621. The maximum absolute atomic E-state index is 10.4. The second-order valence-electron chi connectivity index (χ2n) is 9.04. The van der Waals surface area contributed by atoms with Crippen LogP contribution in [0.5, 0.6) is 0 Å². The molecule has 194 valence electrons. The van der Waals surface area contributed by atoms with E-state index >= 15 is 0 Å². The molecule has 0 radical (unpaired) electrons. The highest BCUT2D eigenvalue weighted by Crippen LogP contribution is 2.30. The van der Waals surface area contributed by atoms with Crippen LogP contribution in [0, 0.1) is 0 Å². The molecule has 2 aliphatic heterocycles. The Morgan fingerprint density at radius 1 is 0.606 bits per heavy atom. The predicted molar refractivity (Wildman–Crippen MR) is 111 cm³/mol. The molecule has 3 fully saturated rings. The van der Waals surface area contributed by atoms with Gasteiger partial charge < -0.3 is 72.5 Å². The summed E-state index contributed by atoms with van der Waals surface area (Å²) in [5.41, 5.74) is 23.7. The van der Waals surface area contributed by atoms with Crippen molar-refractivity contribution in [2.75, 3.05) is 13.1 Å². The summed E-state index contributed by atoms with van der Waals surface area (Å²) in [6, 6.07) is -1.23. The number of aliphatic hydroxyl groups excluding tert-OH is 6. The van der Waals surface area contributed by atoms with Gasteiger partial charge in [0.25, 0.3) is 0 Å². The predicted octanol–water partition coefficient (Wildman–Crippen LogP) is -5.87. The molecule has 0 spiro atoms. The Labute approximate surface area is 191 Å². The molecule has 3 rings (SSSR count). The van der Waals surface area contributed by atoms with Gasteiger partial charge >= 0.3 is 0 Å². The van der Waals surface area contributed by atoms with E-state index in [2.05, 4.69) is 0 Å². The summed E-state index contributed by atoms with van der Waals surface area (Å²) in [4.78, 5) is 0. The van der Waals surface area contributed by atoms with Crippen molar-refractivity contribution in [3.8, 4) is 0 Å². The van der Waals surface area contributed by atoms with E-state index in [-0.39, 0.29) is 32.4 Å². The van der Waals surface area contributed by atoms with E-state index in [1.54, 1.807) is 0 Å². The Hall–Kier alpha value is -0.560. The molecule has 3 unspecified atom stereocenters. The lowest BCUT2D eigenvalue weighted by Gasteiger charge is -2.44. The normalized spacial score (nSPS) is 51.8. The zero-order valence-electron chi connectivity index (χ0n) is 18.2. The van der Waals surface area contributed by atoms with Crippen LogP contribution in [0.2, 0.25) is 0 Å². The van der Waals surface area contributed by atoms with Gasteiger partial charge in [-0.1, -0.05) is 0 Å². The first kappa shape index (κ1) is 27.0. The monoisotopic (exact) mass is 482 g/mol. The van der Waals surface area contributed by atoms with Crippen molar-refractivity contribution in [1.82, 2.24) is 0 Å². The van der Waals surface area contributed by atoms with Gasteiger partial charge in [0.2, 0.25) is 0 Å². The number of ether oxygens (including phenoxy) is 4. The van der Waals surface area contributed by atoms with Gasteiger partial charge in [0.1, 0.15) is 42.7 Å². The summed E-state index contributed by atoms with van der Waals surface area (Å²) in [7, 11) is 0. The summed E-state index contributed by atoms with van der Waals surface area (Å²) in [5.74, 6) is 0. The summed E-state index contributed by atoms with van der Waals surface area (Å²) in [5, 5.41) is 60.6. The van der Waals surface area contributed by atoms with E-state index in [9.17, 15) is 30.6 Å². The molecule has 14 nitrogen and oxygen atoms in total. The molecule has 3 aliphatic rings. The van der Waals surface area contributed by atoms with Crippen molar-refractivity contribution < 1.29 is 49.6 Å². The van der Waals surface area contributed by atoms with Crippen molar-refractivity contribution >= 4 is 0 Å². The molecular weight excluding hydrogens is 444 g/mol. The van der Waals surface area contributed by atoms with Gasteiger partial charge in [-0.25, -0.2) is 0 Å². The maximum atomic E-state index is 10.4. The van der Waals surface area contributed by atoms with Crippen LogP contribution in [0.4, 0.5) is 0 Å². The van der Waals surface area contributed by atoms with Crippen LogP contribution in [-0.4, -0.2) is 129 Å². The number of hydrogen-bond acceptors (Lipinski definition) is 14. The van der Waals surface area contributed by atoms with Crippen LogP contribution in [0.3, 0.4) is 0 Å². The third kappa shape index (κ3) is 5.99. The van der Waals surface area contributed by atoms with E-state index in [4.69, 9.17) is 41.9 Å². The molecule has 14 heteroatoms. The lowest BCUT2D eigenvalue weighted by molar-refractivity contribution is -0.311. The third-order valence-corrected chi connectivity index (χ3v) is 6.60. The zero-order valence-corrected chi connectivity index (χ0v) is 18.2. The molecule has 0 aromatic rings. The zero-order chi connectivity index (χ0) is 24.4. The van der Waals surface area contributed by atoms with Gasteiger partial charge in [-0.05, 0) is 12.8 Å². The lowest BCUT2D eigenvalue weighted by Crippen LogP contribution is -2.62. The van der Waals surface area contributed by atoms with Gasteiger partial charge in [0, 0.05) is 31.6 Å². The molecule has 2 heterocycles. The van der Waals surface area contributed by atoms with Gasteiger partial charge in [0.15, 0.2) is 12.6 Å².